The molecule has 0 rings (SSSR count). The maximum absolute atomic E-state index is 8.88. The lowest BCUT2D eigenvalue weighted by molar-refractivity contribution is 0.0326. The minimum atomic E-state index is -4.64. The van der Waals surface area contributed by atoms with E-state index in [0.29, 0.717) is 13.2 Å². The van der Waals surface area contributed by atoms with E-state index in [0.717, 1.165) is 6.42 Å². The molecule has 7 nitrogen and oxygen atoms in total. The van der Waals surface area contributed by atoms with Crippen molar-refractivity contribution in [1.29, 1.82) is 0 Å². The summed E-state index contributed by atoms with van der Waals surface area (Å²) in [5, 5.41) is 8.22. The van der Waals surface area contributed by atoms with Crippen LogP contribution >= 0.6 is 7.82 Å². The molecule has 0 bridgehead atoms. The maximum atomic E-state index is 8.88. The van der Waals surface area contributed by atoms with Gasteiger partial charge in [-0.05, 0) is 6.42 Å². The molecule has 0 fully saturated rings. The fraction of sp³-hybridized carbons (Fsp3) is 1.00. The van der Waals surface area contributed by atoms with E-state index in [-0.39, 0.29) is 6.61 Å². The van der Waals surface area contributed by atoms with Gasteiger partial charge in [-0.25, -0.2) is 10.0 Å². The monoisotopic (exact) mass is 217 g/mol. The Morgan fingerprint density at radius 2 is 1.85 bits per heavy atom. The van der Waals surface area contributed by atoms with Crippen molar-refractivity contribution in [2.75, 3.05) is 19.8 Å². The summed E-state index contributed by atoms with van der Waals surface area (Å²) in [6.07, 6.45) is 0.998. The van der Waals surface area contributed by atoms with Gasteiger partial charge in [0.25, 0.3) is 0 Å². The summed E-state index contributed by atoms with van der Waals surface area (Å²) in [6, 6.07) is 0. The van der Waals surface area contributed by atoms with Crippen molar-refractivity contribution in [1.82, 2.24) is 5.48 Å². The molecule has 0 unspecified atom stereocenters. The average Bonchev–Trinajstić information content (AvgIpc) is 1.95. The van der Waals surface area contributed by atoms with Gasteiger partial charge < -0.3 is 24.6 Å². The van der Waals surface area contributed by atoms with Crippen LogP contribution in [0, 0.1) is 0 Å². The fourth-order valence-corrected chi connectivity index (χ4v) is 0.292. The summed E-state index contributed by atoms with van der Waals surface area (Å²) in [6.45, 7) is 3.38. The first kappa shape index (κ1) is 15.5. The molecule has 0 aromatic carbocycles. The molecule has 0 saturated carbocycles. The quantitative estimate of drug-likeness (QED) is 0.227. The summed E-state index contributed by atoms with van der Waals surface area (Å²) in [7, 11) is -4.64. The highest BCUT2D eigenvalue weighted by Gasteiger charge is 2.00. The normalized spacial score (nSPS) is 10.5. The highest BCUT2D eigenvalue weighted by Crippen LogP contribution is 2.25. The number of aliphatic hydroxyl groups excluding tert-OH is 1. The highest BCUT2D eigenvalue weighted by atomic mass is 31.2. The van der Waals surface area contributed by atoms with Crippen LogP contribution in [0.5, 0.6) is 0 Å². The highest BCUT2D eigenvalue weighted by molar-refractivity contribution is 7.45. The first-order valence-corrected chi connectivity index (χ1v) is 5.22. The van der Waals surface area contributed by atoms with Gasteiger partial charge in [-0.3, -0.25) is 0 Å². The summed E-state index contributed by atoms with van der Waals surface area (Å²) in [5.74, 6) is 0. The van der Waals surface area contributed by atoms with E-state index in [4.69, 9.17) is 29.2 Å². The van der Waals surface area contributed by atoms with Crippen LogP contribution in [0.2, 0.25) is 0 Å². The number of aliphatic hydroxyl groups is 1. The minimum Gasteiger partial charge on any atom is -0.395 e. The van der Waals surface area contributed by atoms with E-state index >= 15 is 0 Å². The van der Waals surface area contributed by atoms with E-state index in [1.165, 1.54) is 0 Å². The number of hydroxylamine groups is 1. The summed E-state index contributed by atoms with van der Waals surface area (Å²) in [4.78, 5) is 26.4. The standard InChI is InChI=1S/C5H13NO2.H3O4P/c1-2-5-8-6-3-4-7;1-5(2,3)4/h6-7H,2-5H2,1H3;(H3,1,2,3,4). The van der Waals surface area contributed by atoms with Crippen LogP contribution in [0.25, 0.3) is 0 Å². The van der Waals surface area contributed by atoms with Crippen LogP contribution in [0.15, 0.2) is 0 Å². The van der Waals surface area contributed by atoms with Gasteiger partial charge in [0.05, 0.1) is 13.2 Å². The number of phosphoric acid groups is 1. The molecule has 5 N–H and O–H groups in total. The SMILES string of the molecule is CCCONCCO.O=P(O)(O)O. The lowest BCUT2D eigenvalue weighted by atomic mass is 10.5. The molecular formula is C5H16NO6P. The number of nitrogens with one attached hydrogen (secondary N) is 1. The lowest BCUT2D eigenvalue weighted by Gasteiger charge is -1.99. The second-order valence-electron chi connectivity index (χ2n) is 1.98. The molecule has 8 heteroatoms. The lowest BCUT2D eigenvalue weighted by Crippen LogP contribution is -2.18. The first-order chi connectivity index (χ1) is 5.91. The van der Waals surface area contributed by atoms with Crippen LogP contribution in [0.1, 0.15) is 13.3 Å². The van der Waals surface area contributed by atoms with Gasteiger partial charge in [-0.15, -0.1) is 0 Å². The first-order valence-electron chi connectivity index (χ1n) is 3.65. The summed E-state index contributed by atoms with van der Waals surface area (Å²) in [5.41, 5.74) is 2.59. The number of rotatable bonds is 5. The van der Waals surface area contributed by atoms with Crippen molar-refractivity contribution < 1.29 is 29.2 Å². The van der Waals surface area contributed by atoms with Crippen molar-refractivity contribution >= 4 is 7.82 Å². The predicted octanol–water partition coefficient (Wildman–Crippen LogP) is -1.02. The van der Waals surface area contributed by atoms with Gasteiger partial charge in [0.1, 0.15) is 0 Å². The topological polar surface area (TPSA) is 119 Å². The van der Waals surface area contributed by atoms with Gasteiger partial charge in [0.2, 0.25) is 0 Å². The van der Waals surface area contributed by atoms with Crippen molar-refractivity contribution in [3.05, 3.63) is 0 Å². The van der Waals surface area contributed by atoms with Crippen molar-refractivity contribution in [2.45, 2.75) is 13.3 Å². The molecule has 0 spiro atoms. The maximum Gasteiger partial charge on any atom is 0.466 e. The largest absolute Gasteiger partial charge is 0.466 e. The molecule has 0 radical (unpaired) electrons. The third kappa shape index (κ3) is 48.1. The molecular weight excluding hydrogens is 201 g/mol. The van der Waals surface area contributed by atoms with Gasteiger partial charge in [0, 0.05) is 6.54 Å². The van der Waals surface area contributed by atoms with Crippen molar-refractivity contribution in [2.24, 2.45) is 0 Å². The Balaban J connectivity index is 0. The fourth-order valence-electron chi connectivity index (χ4n) is 0.292. The molecule has 0 amide bonds. The zero-order valence-corrected chi connectivity index (χ0v) is 8.28. The Morgan fingerprint density at radius 3 is 2.15 bits per heavy atom. The van der Waals surface area contributed by atoms with Gasteiger partial charge in [0.15, 0.2) is 0 Å². The summed E-state index contributed by atoms with van der Waals surface area (Å²) < 4.78 is 8.88. The molecule has 0 aromatic heterocycles. The third-order valence-electron chi connectivity index (χ3n) is 0.622. The average molecular weight is 217 g/mol. The van der Waals surface area contributed by atoms with Gasteiger partial charge in [-0.2, -0.15) is 0 Å². The van der Waals surface area contributed by atoms with Crippen LogP contribution in [-0.4, -0.2) is 39.5 Å². The molecule has 0 aromatic rings. The third-order valence-corrected chi connectivity index (χ3v) is 0.622. The van der Waals surface area contributed by atoms with Crippen LogP contribution in [-0.2, 0) is 9.40 Å². The van der Waals surface area contributed by atoms with Crippen molar-refractivity contribution in [3.8, 4) is 0 Å². The summed E-state index contributed by atoms with van der Waals surface area (Å²) >= 11 is 0. The van der Waals surface area contributed by atoms with E-state index in [9.17, 15) is 0 Å². The molecule has 0 saturated heterocycles. The second kappa shape index (κ2) is 10.1. The molecule has 82 valence electrons. The van der Waals surface area contributed by atoms with E-state index < -0.39 is 7.82 Å². The Morgan fingerprint density at radius 1 is 1.38 bits per heavy atom. The van der Waals surface area contributed by atoms with Crippen LogP contribution in [0.3, 0.4) is 0 Å². The van der Waals surface area contributed by atoms with E-state index in [1.807, 2.05) is 6.92 Å². The molecule has 13 heavy (non-hydrogen) atoms. The Labute approximate surface area is 76.5 Å². The van der Waals surface area contributed by atoms with Crippen LogP contribution < -0.4 is 5.48 Å². The predicted molar refractivity (Wildman–Crippen MR) is 45.6 cm³/mol. The van der Waals surface area contributed by atoms with E-state index in [1.54, 1.807) is 0 Å². The molecule has 0 aliphatic carbocycles. The Kier molecular flexibility index (Phi) is 12.0. The number of hydrogen-bond donors (Lipinski definition) is 5. The van der Waals surface area contributed by atoms with Crippen LogP contribution in [0.4, 0.5) is 0 Å². The van der Waals surface area contributed by atoms with Crippen molar-refractivity contribution in [3.63, 3.8) is 0 Å². The Bertz CT molecular complexity index is 123. The Hall–Kier alpha value is -0.0100. The second-order valence-corrected chi connectivity index (χ2v) is 3.01. The molecule has 0 heterocycles. The van der Waals surface area contributed by atoms with Gasteiger partial charge >= 0.3 is 7.82 Å². The molecule has 0 atom stereocenters. The zero-order valence-electron chi connectivity index (χ0n) is 7.38. The van der Waals surface area contributed by atoms with Gasteiger partial charge in [-0.1, -0.05) is 6.92 Å². The smallest absolute Gasteiger partial charge is 0.395 e. The number of hydrogen-bond acceptors (Lipinski definition) is 4. The minimum absolute atomic E-state index is 0.129. The molecule has 0 aliphatic heterocycles. The zero-order chi connectivity index (χ0) is 10.7. The molecule has 0 aliphatic rings. The van der Waals surface area contributed by atoms with E-state index in [2.05, 4.69) is 5.48 Å².